The van der Waals surface area contributed by atoms with Crippen molar-refractivity contribution >= 4 is 34.3 Å². The van der Waals surface area contributed by atoms with Gasteiger partial charge in [0, 0.05) is 6.54 Å². The molecule has 26 heavy (non-hydrogen) atoms. The number of nitrogens with zero attached hydrogens (tertiary/aromatic N) is 2. The van der Waals surface area contributed by atoms with E-state index >= 15 is 0 Å². The van der Waals surface area contributed by atoms with Crippen molar-refractivity contribution in [1.29, 1.82) is 0 Å². The van der Waals surface area contributed by atoms with Crippen molar-refractivity contribution in [3.8, 4) is 0 Å². The van der Waals surface area contributed by atoms with Crippen molar-refractivity contribution in [2.75, 3.05) is 32.0 Å². The van der Waals surface area contributed by atoms with Crippen LogP contribution in [-0.2, 0) is 29.2 Å². The number of aliphatic imine (C=N–C) groups is 2. The monoisotopic (exact) mass is 392 g/mol. The van der Waals surface area contributed by atoms with E-state index in [9.17, 15) is 27.6 Å². The van der Waals surface area contributed by atoms with Crippen LogP contribution in [-0.4, -0.2) is 75.2 Å². The largest absolute Gasteiger partial charge is 0.462 e. The topological polar surface area (TPSA) is 181 Å². The summed E-state index contributed by atoms with van der Waals surface area (Å²) in [5.74, 6) is -1.39. The van der Waals surface area contributed by atoms with Crippen LogP contribution in [0.15, 0.2) is 9.98 Å². The molecule has 146 valence electrons. The summed E-state index contributed by atoms with van der Waals surface area (Å²) in [6.07, 6.45) is 3.87. The van der Waals surface area contributed by atoms with Crippen LogP contribution in [0.1, 0.15) is 19.3 Å². The van der Waals surface area contributed by atoms with E-state index in [0.29, 0.717) is 12.8 Å². The van der Waals surface area contributed by atoms with Crippen LogP contribution in [0.25, 0.3) is 0 Å². The molecule has 12 nitrogen and oxygen atoms in total. The molecule has 0 heterocycles. The van der Waals surface area contributed by atoms with Crippen molar-refractivity contribution < 1.29 is 36.9 Å². The number of amides is 2. The summed E-state index contributed by atoms with van der Waals surface area (Å²) < 4.78 is 34.3. The van der Waals surface area contributed by atoms with Gasteiger partial charge in [-0.25, -0.2) is 24.2 Å². The van der Waals surface area contributed by atoms with Crippen LogP contribution in [0, 0.1) is 0 Å². The molecule has 0 aliphatic heterocycles. The molecule has 0 radical (unpaired) electrons. The van der Waals surface area contributed by atoms with Gasteiger partial charge in [0.05, 0.1) is 18.8 Å². The Morgan fingerprint density at radius 3 is 2.42 bits per heavy atom. The molecule has 0 aliphatic rings. The van der Waals surface area contributed by atoms with Crippen LogP contribution in [0.2, 0.25) is 0 Å². The van der Waals surface area contributed by atoms with Crippen molar-refractivity contribution in [1.82, 2.24) is 10.6 Å². The van der Waals surface area contributed by atoms with Gasteiger partial charge in [-0.2, -0.15) is 13.4 Å². The maximum atomic E-state index is 11.8. The highest BCUT2D eigenvalue weighted by Gasteiger charge is 2.18. The molecule has 1 atom stereocenters. The van der Waals surface area contributed by atoms with Crippen LogP contribution in [0.4, 0.5) is 4.79 Å². The number of esters is 1. The molecular formula is C13H20N4O8S. The molecule has 0 bridgehead atoms. The lowest BCUT2D eigenvalue weighted by Gasteiger charge is -2.11. The molecule has 0 rings (SSSR count). The summed E-state index contributed by atoms with van der Waals surface area (Å²) in [7, 11) is -4.16. The van der Waals surface area contributed by atoms with Gasteiger partial charge in [-0.05, 0) is 19.3 Å². The lowest BCUT2D eigenvalue weighted by atomic mass is 10.1. The molecule has 3 N–H and O–H groups in total. The van der Waals surface area contributed by atoms with Gasteiger partial charge in [0.15, 0.2) is 6.04 Å². The SMILES string of the molecule is O=C=NCCCCC(N=C=O)C(=O)OCCNC(=O)NCCS(=O)(=O)O. The number of urea groups is 1. The fourth-order valence-corrected chi connectivity index (χ4v) is 2.00. The van der Waals surface area contributed by atoms with Gasteiger partial charge in [0.25, 0.3) is 10.1 Å². The Balaban J connectivity index is 4.02. The zero-order valence-electron chi connectivity index (χ0n) is 13.8. The smallest absolute Gasteiger partial charge is 0.331 e. The second-order valence-corrected chi connectivity index (χ2v) is 6.41. The Kier molecular flexibility index (Phi) is 12.3. The maximum absolute atomic E-state index is 11.8. The first-order valence-corrected chi connectivity index (χ1v) is 9.15. The first kappa shape index (κ1) is 23.4. The zero-order valence-corrected chi connectivity index (χ0v) is 14.7. The van der Waals surface area contributed by atoms with Crippen molar-refractivity contribution in [2.24, 2.45) is 9.98 Å². The summed E-state index contributed by atoms with van der Waals surface area (Å²) in [6, 6.07) is -1.74. The number of rotatable bonds is 13. The molecule has 0 aromatic carbocycles. The van der Waals surface area contributed by atoms with Crippen molar-refractivity contribution in [2.45, 2.75) is 25.3 Å². The zero-order chi connectivity index (χ0) is 19.8. The van der Waals surface area contributed by atoms with E-state index in [0.717, 1.165) is 0 Å². The molecule has 1 unspecified atom stereocenters. The second kappa shape index (κ2) is 13.7. The lowest BCUT2D eigenvalue weighted by molar-refractivity contribution is -0.145. The summed E-state index contributed by atoms with van der Waals surface area (Å²) in [5, 5.41) is 4.48. The third-order valence-corrected chi connectivity index (χ3v) is 3.54. The minimum absolute atomic E-state index is 0.0605. The fourth-order valence-electron chi connectivity index (χ4n) is 1.64. The highest BCUT2D eigenvalue weighted by molar-refractivity contribution is 7.85. The Hall–Kier alpha value is -2.59. The normalized spacial score (nSPS) is 11.4. The standard InChI is InChI=1S/C13H20N4O8S/c18-9-14-4-2-1-3-11(17-10-19)12(20)25-7-5-15-13(21)16-6-8-26(22,23)24/h11H,1-8H2,(H2,15,16,21)(H,22,23,24). The number of hydrogen-bond donors (Lipinski definition) is 3. The molecule has 2 amide bonds. The molecule has 0 saturated heterocycles. The maximum Gasteiger partial charge on any atom is 0.331 e. The minimum atomic E-state index is -4.16. The lowest BCUT2D eigenvalue weighted by Crippen LogP contribution is -2.39. The van der Waals surface area contributed by atoms with E-state index in [1.54, 1.807) is 0 Å². The second-order valence-electron chi connectivity index (χ2n) is 4.84. The number of carbonyl (C=O) groups excluding carboxylic acids is 4. The molecule has 0 saturated carbocycles. The summed E-state index contributed by atoms with van der Waals surface area (Å²) in [6.45, 7) is -0.276. The van der Waals surface area contributed by atoms with Crippen LogP contribution >= 0.6 is 0 Å². The van der Waals surface area contributed by atoms with Gasteiger partial charge < -0.3 is 15.4 Å². The third-order valence-electron chi connectivity index (χ3n) is 2.82. The fraction of sp³-hybridized carbons (Fsp3) is 0.692. The summed E-state index contributed by atoms with van der Waals surface area (Å²) in [4.78, 5) is 50.0. The van der Waals surface area contributed by atoms with E-state index in [2.05, 4.69) is 20.6 Å². The summed E-state index contributed by atoms with van der Waals surface area (Å²) in [5.41, 5.74) is 0. The predicted molar refractivity (Wildman–Crippen MR) is 87.5 cm³/mol. The van der Waals surface area contributed by atoms with Gasteiger partial charge >= 0.3 is 12.0 Å². The quantitative estimate of drug-likeness (QED) is 0.116. The highest BCUT2D eigenvalue weighted by Crippen LogP contribution is 2.06. The van der Waals surface area contributed by atoms with E-state index < -0.39 is 33.9 Å². The number of unbranched alkanes of at least 4 members (excludes halogenated alkanes) is 1. The number of nitrogens with one attached hydrogen (secondary N) is 2. The molecule has 13 heteroatoms. The molecule has 0 fully saturated rings. The first-order valence-electron chi connectivity index (χ1n) is 7.54. The van der Waals surface area contributed by atoms with Crippen molar-refractivity contribution in [3.63, 3.8) is 0 Å². The number of carbonyl (C=O) groups is 2. The van der Waals surface area contributed by atoms with Crippen LogP contribution in [0.3, 0.4) is 0 Å². The Morgan fingerprint density at radius 2 is 1.81 bits per heavy atom. The van der Waals surface area contributed by atoms with Gasteiger partial charge in [-0.3, -0.25) is 4.55 Å². The molecule has 0 aliphatic carbocycles. The third kappa shape index (κ3) is 13.8. The first-order chi connectivity index (χ1) is 12.3. The Bertz CT molecular complexity index is 653. The summed E-state index contributed by atoms with van der Waals surface area (Å²) >= 11 is 0. The van der Waals surface area contributed by atoms with Gasteiger partial charge in [-0.15, -0.1) is 0 Å². The molecule has 0 spiro atoms. The minimum Gasteiger partial charge on any atom is -0.462 e. The number of isocyanates is 2. The Labute approximate surface area is 149 Å². The Morgan fingerprint density at radius 1 is 1.12 bits per heavy atom. The van der Waals surface area contributed by atoms with Crippen LogP contribution in [0.5, 0.6) is 0 Å². The molecule has 0 aromatic rings. The molecule has 0 aromatic heterocycles. The van der Waals surface area contributed by atoms with E-state index in [-0.39, 0.29) is 32.7 Å². The van der Waals surface area contributed by atoms with E-state index in [4.69, 9.17) is 9.29 Å². The van der Waals surface area contributed by atoms with Gasteiger partial charge in [0.2, 0.25) is 12.2 Å². The number of hydrogen-bond acceptors (Lipinski definition) is 9. The van der Waals surface area contributed by atoms with E-state index in [1.165, 1.54) is 12.2 Å². The highest BCUT2D eigenvalue weighted by atomic mass is 32.2. The average molecular weight is 392 g/mol. The van der Waals surface area contributed by atoms with Crippen molar-refractivity contribution in [3.05, 3.63) is 0 Å². The number of ether oxygens (including phenoxy) is 1. The predicted octanol–water partition coefficient (Wildman–Crippen LogP) is -1.07. The van der Waals surface area contributed by atoms with Gasteiger partial charge in [0.1, 0.15) is 6.61 Å². The molecular weight excluding hydrogens is 372 g/mol. The van der Waals surface area contributed by atoms with E-state index in [1.807, 2.05) is 0 Å². The average Bonchev–Trinajstić information content (AvgIpc) is 2.56. The van der Waals surface area contributed by atoms with Crippen LogP contribution < -0.4 is 10.6 Å². The van der Waals surface area contributed by atoms with Gasteiger partial charge in [-0.1, -0.05) is 0 Å².